The summed E-state index contributed by atoms with van der Waals surface area (Å²) in [5, 5.41) is 10.1. The number of carboxylic acids is 1. The first-order valence-corrected chi connectivity index (χ1v) is 5.14. The molecule has 0 aliphatic rings. The monoisotopic (exact) mass is 236 g/mol. The number of nitrogen functional groups attached to an aromatic ring is 1. The largest absolute Gasteiger partial charge is 0.478 e. The molecule has 0 saturated carbocycles. The summed E-state index contributed by atoms with van der Waals surface area (Å²) in [6, 6.07) is 1.42. The van der Waals surface area contributed by atoms with Crippen LogP contribution in [-0.4, -0.2) is 26.0 Å². The van der Waals surface area contributed by atoms with Gasteiger partial charge < -0.3 is 15.8 Å². The van der Waals surface area contributed by atoms with E-state index in [1.807, 2.05) is 0 Å². The van der Waals surface area contributed by atoms with E-state index in [1.54, 1.807) is 12.4 Å². The van der Waals surface area contributed by atoms with Gasteiger partial charge in [-0.2, -0.15) is 0 Å². The molecule has 0 aliphatic carbocycles. The smallest absolute Gasteiger partial charge is 0.337 e. The number of anilines is 1. The van der Waals surface area contributed by atoms with Gasteiger partial charge in [-0.05, 0) is 17.8 Å². The van der Waals surface area contributed by atoms with Gasteiger partial charge in [-0.3, -0.25) is 0 Å². The summed E-state index contributed by atoms with van der Waals surface area (Å²) in [5.74, 6) is -1.07. The fraction of sp³-hybridized carbons (Fsp3) is 0. The predicted octanol–water partition coefficient (Wildman–Crippen LogP) is 1.24. The molecule has 0 saturated heterocycles. The van der Waals surface area contributed by atoms with Crippen molar-refractivity contribution in [3.05, 3.63) is 30.2 Å². The van der Waals surface area contributed by atoms with E-state index < -0.39 is 5.97 Å². The molecule has 82 valence electrons. The Morgan fingerprint density at radius 2 is 2.31 bits per heavy atom. The third-order valence-corrected chi connectivity index (χ3v) is 2.66. The van der Waals surface area contributed by atoms with Gasteiger partial charge in [0.25, 0.3) is 0 Å². The quantitative estimate of drug-likeness (QED) is 0.740. The highest BCUT2D eigenvalue weighted by Gasteiger charge is 2.10. The van der Waals surface area contributed by atoms with Gasteiger partial charge in [-0.1, -0.05) is 0 Å². The van der Waals surface area contributed by atoms with Gasteiger partial charge in [-0.15, -0.1) is 0 Å². The Morgan fingerprint density at radius 3 is 2.94 bits per heavy atom. The number of H-pyrrole nitrogens is 1. The van der Waals surface area contributed by atoms with Crippen molar-refractivity contribution in [2.75, 3.05) is 5.73 Å². The van der Waals surface area contributed by atoms with Gasteiger partial charge in [0.1, 0.15) is 5.03 Å². The van der Waals surface area contributed by atoms with Gasteiger partial charge >= 0.3 is 5.97 Å². The molecule has 2 aromatic rings. The Labute approximate surface area is 94.9 Å². The number of aromatic amines is 1. The van der Waals surface area contributed by atoms with Crippen molar-refractivity contribution in [1.82, 2.24) is 15.0 Å². The standard InChI is InChI=1S/C9H8N4O2S/c10-6-4-13-7(3-5(6)8(14)15)16-9-11-1-2-12-9/h1-4H,10H2,(H,11,12)(H,14,15). The third kappa shape index (κ3) is 2.14. The van der Waals surface area contributed by atoms with E-state index in [4.69, 9.17) is 10.8 Å². The number of nitrogens with two attached hydrogens (primary N) is 1. The zero-order valence-corrected chi connectivity index (χ0v) is 8.86. The molecule has 7 heteroatoms. The number of imidazole rings is 1. The lowest BCUT2D eigenvalue weighted by Gasteiger charge is -2.02. The molecule has 0 radical (unpaired) electrons. The highest BCUT2D eigenvalue weighted by molar-refractivity contribution is 7.99. The lowest BCUT2D eigenvalue weighted by molar-refractivity contribution is 0.0697. The fourth-order valence-corrected chi connectivity index (χ4v) is 1.81. The molecular weight excluding hydrogens is 228 g/mol. The molecule has 0 fully saturated rings. The molecule has 2 aromatic heterocycles. The van der Waals surface area contributed by atoms with Crippen LogP contribution in [0.5, 0.6) is 0 Å². The highest BCUT2D eigenvalue weighted by atomic mass is 32.2. The van der Waals surface area contributed by atoms with Crippen molar-refractivity contribution in [3.63, 3.8) is 0 Å². The van der Waals surface area contributed by atoms with Crippen molar-refractivity contribution in [1.29, 1.82) is 0 Å². The lowest BCUT2D eigenvalue weighted by Crippen LogP contribution is -2.03. The summed E-state index contributed by atoms with van der Waals surface area (Å²) >= 11 is 1.24. The number of hydrogen-bond acceptors (Lipinski definition) is 5. The molecule has 6 nitrogen and oxygen atoms in total. The molecule has 0 bridgehead atoms. The summed E-state index contributed by atoms with van der Waals surface area (Å²) in [6.45, 7) is 0. The number of nitrogens with one attached hydrogen (secondary N) is 1. The first-order valence-electron chi connectivity index (χ1n) is 4.33. The normalized spacial score (nSPS) is 10.2. The SMILES string of the molecule is Nc1cnc(Sc2ncc[nH]2)cc1C(=O)O. The lowest BCUT2D eigenvalue weighted by atomic mass is 10.2. The van der Waals surface area contributed by atoms with Gasteiger partial charge in [0, 0.05) is 12.4 Å². The summed E-state index contributed by atoms with van der Waals surface area (Å²) in [5.41, 5.74) is 5.68. The molecule has 16 heavy (non-hydrogen) atoms. The number of hydrogen-bond donors (Lipinski definition) is 3. The third-order valence-electron chi connectivity index (χ3n) is 1.81. The molecule has 0 spiro atoms. The molecule has 2 rings (SSSR count). The van der Waals surface area contributed by atoms with Crippen LogP contribution in [0.15, 0.2) is 34.8 Å². The molecule has 0 atom stereocenters. The maximum absolute atomic E-state index is 10.8. The van der Waals surface area contributed by atoms with Gasteiger partial charge in [0.2, 0.25) is 0 Å². The number of rotatable bonds is 3. The average molecular weight is 236 g/mol. The predicted molar refractivity (Wildman–Crippen MR) is 58.3 cm³/mol. The summed E-state index contributed by atoms with van der Waals surface area (Å²) in [6.07, 6.45) is 4.62. The zero-order valence-electron chi connectivity index (χ0n) is 8.04. The van der Waals surface area contributed by atoms with E-state index in [9.17, 15) is 4.79 Å². The molecule has 0 amide bonds. The van der Waals surface area contributed by atoms with Crippen LogP contribution in [0.3, 0.4) is 0 Å². The molecule has 0 aliphatic heterocycles. The Bertz CT molecular complexity index is 512. The van der Waals surface area contributed by atoms with Gasteiger partial charge in [-0.25, -0.2) is 14.8 Å². The number of pyridine rings is 1. The second-order valence-electron chi connectivity index (χ2n) is 2.91. The first kappa shape index (κ1) is 10.5. The van der Waals surface area contributed by atoms with E-state index in [-0.39, 0.29) is 11.3 Å². The Balaban J connectivity index is 2.29. The number of carbonyl (C=O) groups is 1. The number of carboxylic acid groups (broad SMARTS) is 1. The van der Waals surface area contributed by atoms with E-state index in [0.29, 0.717) is 10.2 Å². The maximum atomic E-state index is 10.8. The molecule has 0 aromatic carbocycles. The van der Waals surface area contributed by atoms with Crippen LogP contribution in [-0.2, 0) is 0 Å². The molecular formula is C9H8N4O2S. The average Bonchev–Trinajstić information content (AvgIpc) is 2.73. The van der Waals surface area contributed by atoms with Crippen LogP contribution in [0.4, 0.5) is 5.69 Å². The van der Waals surface area contributed by atoms with Crippen LogP contribution < -0.4 is 5.73 Å². The van der Waals surface area contributed by atoms with Crippen LogP contribution >= 0.6 is 11.8 Å². The molecule has 0 unspecified atom stereocenters. The van der Waals surface area contributed by atoms with Crippen LogP contribution in [0.2, 0.25) is 0 Å². The van der Waals surface area contributed by atoms with Gasteiger partial charge in [0.05, 0.1) is 17.4 Å². The van der Waals surface area contributed by atoms with E-state index >= 15 is 0 Å². The molecule has 4 N–H and O–H groups in total. The minimum absolute atomic E-state index is 0.0454. The van der Waals surface area contributed by atoms with Crippen molar-refractivity contribution in [2.24, 2.45) is 0 Å². The van der Waals surface area contributed by atoms with Crippen LogP contribution in [0, 0.1) is 0 Å². The van der Waals surface area contributed by atoms with Crippen LogP contribution in [0.25, 0.3) is 0 Å². The van der Waals surface area contributed by atoms with Crippen molar-refractivity contribution in [3.8, 4) is 0 Å². The number of aromatic nitrogens is 3. The summed E-state index contributed by atoms with van der Waals surface area (Å²) in [4.78, 5) is 21.7. The Hall–Kier alpha value is -2.02. The van der Waals surface area contributed by atoms with Crippen molar-refractivity contribution < 1.29 is 9.90 Å². The topological polar surface area (TPSA) is 105 Å². The van der Waals surface area contributed by atoms with E-state index in [1.165, 1.54) is 24.0 Å². The summed E-state index contributed by atoms with van der Waals surface area (Å²) in [7, 11) is 0. The highest BCUT2D eigenvalue weighted by Crippen LogP contribution is 2.24. The second-order valence-corrected chi connectivity index (χ2v) is 3.92. The first-order chi connectivity index (χ1) is 7.66. The van der Waals surface area contributed by atoms with Crippen LogP contribution in [0.1, 0.15) is 10.4 Å². The van der Waals surface area contributed by atoms with E-state index in [0.717, 1.165) is 0 Å². The number of aromatic carboxylic acids is 1. The zero-order chi connectivity index (χ0) is 11.5. The minimum Gasteiger partial charge on any atom is -0.478 e. The number of nitrogens with zero attached hydrogens (tertiary/aromatic N) is 2. The molecule has 2 heterocycles. The van der Waals surface area contributed by atoms with Crippen molar-refractivity contribution in [2.45, 2.75) is 10.2 Å². The Kier molecular flexibility index (Phi) is 2.78. The summed E-state index contributed by atoms with van der Waals surface area (Å²) < 4.78 is 0. The Morgan fingerprint density at radius 1 is 1.50 bits per heavy atom. The van der Waals surface area contributed by atoms with E-state index in [2.05, 4.69) is 15.0 Å². The van der Waals surface area contributed by atoms with Crippen molar-refractivity contribution >= 4 is 23.4 Å². The maximum Gasteiger partial charge on any atom is 0.337 e. The minimum atomic E-state index is -1.07. The fourth-order valence-electron chi connectivity index (χ4n) is 1.09. The van der Waals surface area contributed by atoms with Gasteiger partial charge in [0.15, 0.2) is 5.16 Å². The second kappa shape index (κ2) is 4.23.